The summed E-state index contributed by atoms with van der Waals surface area (Å²) in [5.74, 6) is 0.528. The second-order valence-electron chi connectivity index (χ2n) is 12.4. The molecule has 0 amide bonds. The molecule has 4 aromatic carbocycles. The Balaban J connectivity index is 0.000000198. The Labute approximate surface area is 280 Å². The van der Waals surface area contributed by atoms with Gasteiger partial charge in [0.25, 0.3) is 0 Å². The van der Waals surface area contributed by atoms with Gasteiger partial charge in [-0.1, -0.05) is 185 Å². The highest BCUT2D eigenvalue weighted by atomic mass is 14.4. The van der Waals surface area contributed by atoms with E-state index in [9.17, 15) is 0 Å². The number of hydrogen-bond donors (Lipinski definition) is 0. The van der Waals surface area contributed by atoms with Crippen molar-refractivity contribution >= 4 is 0 Å². The van der Waals surface area contributed by atoms with Crippen molar-refractivity contribution in [2.45, 2.75) is 79.6 Å². The van der Waals surface area contributed by atoms with Crippen LogP contribution in [-0.2, 0) is 11.8 Å². The summed E-state index contributed by atoms with van der Waals surface area (Å²) in [4.78, 5) is 0. The van der Waals surface area contributed by atoms with Crippen LogP contribution in [0.1, 0.15) is 87.3 Å². The minimum atomic E-state index is 0.151. The van der Waals surface area contributed by atoms with Crippen molar-refractivity contribution in [3.8, 4) is 11.1 Å². The molecule has 238 valence electrons. The highest BCUT2D eigenvalue weighted by molar-refractivity contribution is 5.80. The second kappa shape index (κ2) is 17.9. The highest BCUT2D eigenvalue weighted by Crippen LogP contribution is 2.48. The molecule has 0 bridgehead atoms. The van der Waals surface area contributed by atoms with E-state index in [2.05, 4.69) is 150 Å². The summed E-state index contributed by atoms with van der Waals surface area (Å²) in [6.45, 7) is 20.6. The zero-order valence-electron chi connectivity index (χ0n) is 29.5. The smallest absolute Gasteiger partial charge is 0.0158 e. The van der Waals surface area contributed by atoms with E-state index in [1.54, 1.807) is 6.08 Å². The fraction of sp³-hybridized carbons (Fsp3) is 0.261. The van der Waals surface area contributed by atoms with Gasteiger partial charge in [0, 0.05) is 11.3 Å². The molecule has 6 rings (SSSR count). The molecule has 0 aromatic heterocycles. The predicted octanol–water partition coefficient (Wildman–Crippen LogP) is 13.2. The fourth-order valence-electron chi connectivity index (χ4n) is 6.24. The van der Waals surface area contributed by atoms with Crippen molar-refractivity contribution < 1.29 is 0 Å². The molecule has 0 nitrogen and oxygen atoms in total. The van der Waals surface area contributed by atoms with E-state index in [1.807, 2.05) is 45.9 Å². The molecule has 0 aliphatic heterocycles. The normalized spacial score (nSPS) is 15.5. The van der Waals surface area contributed by atoms with E-state index >= 15 is 0 Å². The Morgan fingerprint density at radius 1 is 0.826 bits per heavy atom. The Morgan fingerprint density at radius 3 is 2.17 bits per heavy atom. The van der Waals surface area contributed by atoms with Gasteiger partial charge in [-0.3, -0.25) is 0 Å². The Morgan fingerprint density at radius 2 is 1.48 bits per heavy atom. The van der Waals surface area contributed by atoms with E-state index in [0.29, 0.717) is 5.92 Å². The molecular weight excluding hydrogens is 553 g/mol. The third-order valence-electron chi connectivity index (χ3n) is 8.53. The van der Waals surface area contributed by atoms with Gasteiger partial charge >= 0.3 is 0 Å². The van der Waals surface area contributed by atoms with Gasteiger partial charge in [-0.2, -0.15) is 0 Å². The van der Waals surface area contributed by atoms with E-state index in [4.69, 9.17) is 0 Å². The van der Waals surface area contributed by atoms with Crippen LogP contribution in [0.3, 0.4) is 0 Å². The number of allylic oxidation sites excluding steroid dienone is 9. The van der Waals surface area contributed by atoms with Crippen molar-refractivity contribution in [1.82, 2.24) is 0 Å². The van der Waals surface area contributed by atoms with Crippen molar-refractivity contribution in [2.24, 2.45) is 0 Å². The number of benzene rings is 4. The first-order valence-electron chi connectivity index (χ1n) is 16.8. The summed E-state index contributed by atoms with van der Waals surface area (Å²) in [6, 6.07) is 35.0. The SMILES string of the molecule is C=C/C=C(C)\C=C/C.CC.Cc1ccc2c(c1)C(C)(C)c1ccccc1-2.Cc1ccccc1C1C=C(Cc2ccccc2)C=CC1. The van der Waals surface area contributed by atoms with E-state index in [1.165, 1.54) is 55.7 Å². The van der Waals surface area contributed by atoms with Gasteiger partial charge in [-0.15, -0.1) is 0 Å². The van der Waals surface area contributed by atoms with Crippen LogP contribution in [0.15, 0.2) is 157 Å². The predicted molar refractivity (Wildman–Crippen MR) is 205 cm³/mol. The van der Waals surface area contributed by atoms with Crippen LogP contribution < -0.4 is 0 Å². The van der Waals surface area contributed by atoms with Crippen LogP contribution in [0.5, 0.6) is 0 Å². The largest absolute Gasteiger partial charge is 0.0991 e. The Hall–Kier alpha value is -4.42. The number of rotatable bonds is 5. The lowest BCUT2D eigenvalue weighted by atomic mass is 9.82. The number of aryl methyl sites for hydroxylation is 2. The van der Waals surface area contributed by atoms with E-state index in [-0.39, 0.29) is 5.41 Å². The van der Waals surface area contributed by atoms with Gasteiger partial charge in [-0.05, 0) is 85.1 Å². The van der Waals surface area contributed by atoms with Gasteiger partial charge in [0.05, 0.1) is 0 Å². The maximum atomic E-state index is 3.57. The molecule has 0 saturated heterocycles. The average molecular weight is 607 g/mol. The summed E-state index contributed by atoms with van der Waals surface area (Å²) in [5.41, 5.74) is 14.1. The Kier molecular flexibility index (Phi) is 14.0. The van der Waals surface area contributed by atoms with Crippen molar-refractivity contribution in [3.05, 3.63) is 191 Å². The standard InChI is InChI=1S/C20H20.C16H16.C8H12.C2H6/c1-16-8-5-6-13-20(16)19-12-7-11-18(15-19)14-17-9-3-2-4-10-17;1-11-8-9-13-12-6-4-5-7-14(12)16(2,3)15(13)10-11;1-4-6-8(3)7-5-2;1-2/h2-11,13,15,19H,12,14H2,1H3;4-10H,1-3H3;4-7H,1H2,2-3H3;1-2H3/b;;7-5-,8-6-;. The minimum Gasteiger partial charge on any atom is -0.0991 e. The first kappa shape index (κ1) is 36.1. The topological polar surface area (TPSA) is 0 Å². The highest BCUT2D eigenvalue weighted by Gasteiger charge is 2.34. The molecule has 4 aromatic rings. The van der Waals surface area contributed by atoms with Gasteiger partial charge in [0.15, 0.2) is 0 Å². The molecule has 1 atom stereocenters. The van der Waals surface area contributed by atoms with Gasteiger partial charge in [-0.25, -0.2) is 0 Å². The maximum absolute atomic E-state index is 3.57. The third-order valence-corrected chi connectivity index (χ3v) is 8.53. The summed E-state index contributed by atoms with van der Waals surface area (Å²) < 4.78 is 0. The van der Waals surface area contributed by atoms with Crippen molar-refractivity contribution in [2.75, 3.05) is 0 Å². The van der Waals surface area contributed by atoms with Crippen LogP contribution >= 0.6 is 0 Å². The van der Waals surface area contributed by atoms with Crippen molar-refractivity contribution in [3.63, 3.8) is 0 Å². The zero-order chi connectivity index (χ0) is 33.5. The van der Waals surface area contributed by atoms with Gasteiger partial charge < -0.3 is 0 Å². The van der Waals surface area contributed by atoms with Crippen LogP contribution in [0, 0.1) is 13.8 Å². The monoisotopic (exact) mass is 606 g/mol. The molecule has 2 aliphatic rings. The van der Waals surface area contributed by atoms with Gasteiger partial charge in [0.1, 0.15) is 0 Å². The van der Waals surface area contributed by atoms with Crippen LogP contribution in [-0.4, -0.2) is 0 Å². The summed E-state index contributed by atoms with van der Waals surface area (Å²) in [7, 11) is 0. The molecule has 0 heterocycles. The van der Waals surface area contributed by atoms with E-state index < -0.39 is 0 Å². The molecule has 0 fully saturated rings. The first-order chi connectivity index (χ1) is 22.2. The second-order valence-corrected chi connectivity index (χ2v) is 12.4. The summed E-state index contributed by atoms with van der Waals surface area (Å²) in [6.07, 6.45) is 17.0. The lowest BCUT2D eigenvalue weighted by Gasteiger charge is -2.21. The minimum absolute atomic E-state index is 0.151. The van der Waals surface area contributed by atoms with Gasteiger partial charge in [0.2, 0.25) is 0 Å². The molecule has 2 aliphatic carbocycles. The van der Waals surface area contributed by atoms with Crippen molar-refractivity contribution in [1.29, 1.82) is 0 Å². The average Bonchev–Trinajstić information content (AvgIpc) is 3.29. The first-order valence-corrected chi connectivity index (χ1v) is 16.8. The number of hydrogen-bond acceptors (Lipinski definition) is 0. The molecule has 0 radical (unpaired) electrons. The quantitative estimate of drug-likeness (QED) is 0.198. The lowest BCUT2D eigenvalue weighted by molar-refractivity contribution is 0.660. The van der Waals surface area contributed by atoms with Crippen LogP contribution in [0.4, 0.5) is 0 Å². The lowest BCUT2D eigenvalue weighted by Crippen LogP contribution is -2.14. The van der Waals surface area contributed by atoms with Crippen LogP contribution in [0.25, 0.3) is 11.1 Å². The molecule has 0 N–H and O–H groups in total. The fourth-order valence-corrected chi connectivity index (χ4v) is 6.24. The molecule has 46 heavy (non-hydrogen) atoms. The molecule has 0 heteroatoms. The molecule has 1 unspecified atom stereocenters. The Bertz CT molecular complexity index is 1670. The summed E-state index contributed by atoms with van der Waals surface area (Å²) in [5, 5.41) is 0. The molecular formula is C46H54. The van der Waals surface area contributed by atoms with E-state index in [0.717, 1.165) is 12.8 Å². The molecule has 0 saturated carbocycles. The summed E-state index contributed by atoms with van der Waals surface area (Å²) >= 11 is 0. The van der Waals surface area contributed by atoms with Crippen LogP contribution in [0.2, 0.25) is 0 Å². The number of fused-ring (bicyclic) bond motifs is 3. The maximum Gasteiger partial charge on any atom is 0.0158 e. The zero-order valence-corrected chi connectivity index (χ0v) is 29.5. The third kappa shape index (κ3) is 9.54. The molecule has 0 spiro atoms.